The van der Waals surface area contributed by atoms with E-state index in [0.717, 1.165) is 83.5 Å². The molecule has 0 aliphatic carbocycles. The Morgan fingerprint density at radius 3 is 1.13 bits per heavy atom. The van der Waals surface area contributed by atoms with Crippen molar-refractivity contribution in [3.05, 3.63) is 36.5 Å². The van der Waals surface area contributed by atoms with E-state index >= 15 is 0 Å². The first-order valence-electron chi connectivity index (χ1n) is 31.2. The number of amides is 1. The summed E-state index contributed by atoms with van der Waals surface area (Å²) >= 11 is 0. The molecule has 0 saturated carbocycles. The molecule has 6 nitrogen and oxygen atoms in total. The van der Waals surface area contributed by atoms with Gasteiger partial charge in [0.05, 0.1) is 25.4 Å². The van der Waals surface area contributed by atoms with Crippen molar-refractivity contribution in [2.45, 2.75) is 347 Å². The van der Waals surface area contributed by atoms with Crippen LogP contribution in [0, 0.1) is 0 Å². The molecule has 412 valence electrons. The minimum Gasteiger partial charge on any atom is -0.466 e. The molecule has 0 rings (SSSR count). The zero-order chi connectivity index (χ0) is 50.7. The Labute approximate surface area is 436 Å². The van der Waals surface area contributed by atoms with Gasteiger partial charge in [0.2, 0.25) is 5.91 Å². The number of carbonyl (C=O) groups is 2. The Kier molecular flexibility index (Phi) is 58.0. The number of hydrogen-bond donors (Lipinski definition) is 3. The Balaban J connectivity index is 3.48. The summed E-state index contributed by atoms with van der Waals surface area (Å²) in [4.78, 5) is 24.6. The van der Waals surface area contributed by atoms with Crippen molar-refractivity contribution in [1.29, 1.82) is 0 Å². The predicted molar refractivity (Wildman–Crippen MR) is 306 cm³/mol. The largest absolute Gasteiger partial charge is 0.466 e. The van der Waals surface area contributed by atoms with Gasteiger partial charge in [0.1, 0.15) is 0 Å². The Morgan fingerprint density at radius 1 is 0.400 bits per heavy atom. The molecule has 0 aromatic rings. The van der Waals surface area contributed by atoms with Crippen molar-refractivity contribution in [1.82, 2.24) is 5.32 Å². The van der Waals surface area contributed by atoms with Crippen LogP contribution in [-0.2, 0) is 14.3 Å². The lowest BCUT2D eigenvalue weighted by Crippen LogP contribution is -2.45. The summed E-state index contributed by atoms with van der Waals surface area (Å²) in [6, 6.07) is -0.562. The van der Waals surface area contributed by atoms with Crippen molar-refractivity contribution in [3.63, 3.8) is 0 Å². The lowest BCUT2D eigenvalue weighted by Gasteiger charge is -2.22. The van der Waals surface area contributed by atoms with Crippen LogP contribution in [0.2, 0.25) is 0 Å². The SMILES string of the molecule is CCCCC/C=C\C/C=C\CCCCCCCCCCCC(=O)OCCCCC/C=C\CCCCCCCC(=O)NC(CO)C(O)CCCCCCCCCCCCCCCCCCCCCCCC. The first-order valence-corrected chi connectivity index (χ1v) is 31.2. The maximum atomic E-state index is 12.5. The highest BCUT2D eigenvalue weighted by molar-refractivity contribution is 5.76. The van der Waals surface area contributed by atoms with Crippen molar-refractivity contribution < 1.29 is 24.5 Å². The second-order valence-electron chi connectivity index (χ2n) is 21.4. The average Bonchev–Trinajstić information content (AvgIpc) is 3.36. The third kappa shape index (κ3) is 55.4. The summed E-state index contributed by atoms with van der Waals surface area (Å²) in [7, 11) is 0. The van der Waals surface area contributed by atoms with E-state index in [1.807, 2.05) is 0 Å². The van der Waals surface area contributed by atoms with E-state index in [9.17, 15) is 19.8 Å². The zero-order valence-corrected chi connectivity index (χ0v) is 47.0. The van der Waals surface area contributed by atoms with E-state index in [4.69, 9.17) is 4.74 Å². The highest BCUT2D eigenvalue weighted by Gasteiger charge is 2.20. The number of allylic oxidation sites excluding steroid dienone is 6. The number of unbranched alkanes of at least 4 members (excludes halogenated alkanes) is 41. The van der Waals surface area contributed by atoms with Crippen LogP contribution in [0.25, 0.3) is 0 Å². The van der Waals surface area contributed by atoms with Gasteiger partial charge in [-0.3, -0.25) is 9.59 Å². The van der Waals surface area contributed by atoms with Gasteiger partial charge in [0.25, 0.3) is 0 Å². The predicted octanol–water partition coefficient (Wildman–Crippen LogP) is 19.6. The molecule has 3 N–H and O–H groups in total. The number of aliphatic hydroxyl groups is 2. The molecule has 0 aliphatic heterocycles. The van der Waals surface area contributed by atoms with Crippen LogP contribution in [0.1, 0.15) is 335 Å². The van der Waals surface area contributed by atoms with Crippen LogP contribution < -0.4 is 5.32 Å². The molecule has 0 aromatic carbocycles. The van der Waals surface area contributed by atoms with Crippen LogP contribution in [0.3, 0.4) is 0 Å². The first-order chi connectivity index (χ1) is 34.5. The molecule has 0 spiro atoms. The van der Waals surface area contributed by atoms with E-state index in [-0.39, 0.29) is 18.5 Å². The fourth-order valence-corrected chi connectivity index (χ4v) is 9.61. The van der Waals surface area contributed by atoms with Crippen molar-refractivity contribution >= 4 is 11.9 Å². The number of aliphatic hydroxyl groups excluding tert-OH is 2. The zero-order valence-electron chi connectivity index (χ0n) is 47.0. The van der Waals surface area contributed by atoms with Gasteiger partial charge in [-0.25, -0.2) is 0 Å². The Hall–Kier alpha value is -1.92. The first kappa shape index (κ1) is 68.1. The van der Waals surface area contributed by atoms with Crippen LogP contribution in [0.4, 0.5) is 0 Å². The van der Waals surface area contributed by atoms with Gasteiger partial charge in [-0.15, -0.1) is 0 Å². The maximum absolute atomic E-state index is 12.5. The molecule has 0 bridgehead atoms. The summed E-state index contributed by atoms with van der Waals surface area (Å²) in [6.07, 6.45) is 74.3. The number of nitrogens with one attached hydrogen (secondary N) is 1. The van der Waals surface area contributed by atoms with E-state index < -0.39 is 12.1 Å². The van der Waals surface area contributed by atoms with Gasteiger partial charge in [-0.2, -0.15) is 0 Å². The van der Waals surface area contributed by atoms with Gasteiger partial charge in [0, 0.05) is 12.8 Å². The minimum absolute atomic E-state index is 0.0258. The van der Waals surface area contributed by atoms with E-state index in [1.165, 1.54) is 218 Å². The smallest absolute Gasteiger partial charge is 0.305 e. The standard InChI is InChI=1S/C64H121NO5/c1-3-5-7-9-11-13-15-17-19-21-23-24-25-27-28-30-32-36-40-44-48-52-56-62(67)61(60-66)65-63(68)57-53-49-45-41-37-34-35-39-43-47-51-55-59-70-64(69)58-54-50-46-42-38-33-31-29-26-22-20-18-16-14-12-10-8-6-4-2/h12,14,18,20,35,39,61-62,66-67H,3-11,13,15-17,19,21-34,36-38,40-60H2,1-2H3,(H,65,68)/b14-12-,20-18-,39-35-. The Bertz CT molecular complexity index is 1130. The number of hydrogen-bond acceptors (Lipinski definition) is 5. The van der Waals surface area contributed by atoms with Crippen molar-refractivity contribution in [2.24, 2.45) is 0 Å². The second-order valence-corrected chi connectivity index (χ2v) is 21.4. The third-order valence-electron chi connectivity index (χ3n) is 14.4. The lowest BCUT2D eigenvalue weighted by atomic mass is 10.0. The molecule has 2 unspecified atom stereocenters. The number of ether oxygens (including phenoxy) is 1. The lowest BCUT2D eigenvalue weighted by molar-refractivity contribution is -0.143. The molecule has 0 aromatic heterocycles. The fraction of sp³-hybridized carbons (Fsp3) is 0.875. The highest BCUT2D eigenvalue weighted by Crippen LogP contribution is 2.18. The van der Waals surface area contributed by atoms with Crippen molar-refractivity contribution in [3.8, 4) is 0 Å². The average molecular weight is 985 g/mol. The molecule has 0 heterocycles. The normalized spacial score (nSPS) is 12.8. The monoisotopic (exact) mass is 984 g/mol. The van der Waals surface area contributed by atoms with E-state index in [0.29, 0.717) is 25.9 Å². The molecule has 70 heavy (non-hydrogen) atoms. The number of carbonyl (C=O) groups excluding carboxylic acids is 2. The van der Waals surface area contributed by atoms with Gasteiger partial charge in [-0.05, 0) is 89.9 Å². The summed E-state index contributed by atoms with van der Waals surface area (Å²) in [5.41, 5.74) is 0. The minimum atomic E-state index is -0.683. The van der Waals surface area contributed by atoms with Gasteiger partial charge in [0.15, 0.2) is 0 Å². The molecule has 0 fully saturated rings. The van der Waals surface area contributed by atoms with Crippen molar-refractivity contribution in [2.75, 3.05) is 13.2 Å². The summed E-state index contributed by atoms with van der Waals surface area (Å²) in [6.45, 7) is 4.89. The quantitative estimate of drug-likeness (QED) is 0.0321. The molecular weight excluding hydrogens is 863 g/mol. The van der Waals surface area contributed by atoms with Crippen LogP contribution in [0.5, 0.6) is 0 Å². The van der Waals surface area contributed by atoms with E-state index in [1.54, 1.807) is 0 Å². The van der Waals surface area contributed by atoms with Gasteiger partial charge < -0.3 is 20.3 Å². The second kappa shape index (κ2) is 59.6. The topological polar surface area (TPSA) is 95.9 Å². The van der Waals surface area contributed by atoms with Gasteiger partial charge in [-0.1, -0.05) is 269 Å². The number of esters is 1. The van der Waals surface area contributed by atoms with Crippen LogP contribution >= 0.6 is 0 Å². The van der Waals surface area contributed by atoms with Crippen LogP contribution in [0.15, 0.2) is 36.5 Å². The molecule has 0 radical (unpaired) electrons. The molecule has 0 aliphatic rings. The summed E-state index contributed by atoms with van der Waals surface area (Å²) in [5, 5.41) is 23.4. The molecule has 2 atom stereocenters. The molecule has 0 saturated heterocycles. The fourth-order valence-electron chi connectivity index (χ4n) is 9.61. The molecular formula is C64H121NO5. The molecule has 1 amide bonds. The summed E-state index contributed by atoms with van der Waals surface area (Å²) in [5.74, 6) is -0.0841. The van der Waals surface area contributed by atoms with Crippen LogP contribution in [-0.4, -0.2) is 47.4 Å². The Morgan fingerprint density at radius 2 is 0.714 bits per heavy atom. The van der Waals surface area contributed by atoms with Gasteiger partial charge >= 0.3 is 5.97 Å². The third-order valence-corrected chi connectivity index (χ3v) is 14.4. The highest BCUT2D eigenvalue weighted by atomic mass is 16.5. The maximum Gasteiger partial charge on any atom is 0.305 e. The van der Waals surface area contributed by atoms with E-state index in [2.05, 4.69) is 55.6 Å². The summed E-state index contributed by atoms with van der Waals surface area (Å²) < 4.78 is 5.47. The number of rotatable bonds is 58. The molecule has 6 heteroatoms.